The van der Waals surface area contributed by atoms with E-state index in [2.05, 4.69) is 97.7 Å². The summed E-state index contributed by atoms with van der Waals surface area (Å²) in [4.78, 5) is 8.96. The number of rotatable bonds is 3. The van der Waals surface area contributed by atoms with Crippen LogP contribution < -0.4 is 0 Å². The van der Waals surface area contributed by atoms with Gasteiger partial charge < -0.3 is 4.98 Å². The van der Waals surface area contributed by atoms with Gasteiger partial charge >= 0.3 is 0 Å². The molecular formula is C29H24N2. The molecule has 1 aliphatic rings. The second kappa shape index (κ2) is 6.95. The van der Waals surface area contributed by atoms with Crippen molar-refractivity contribution in [3.05, 3.63) is 101 Å². The van der Waals surface area contributed by atoms with E-state index in [1.54, 1.807) is 0 Å². The van der Waals surface area contributed by atoms with Gasteiger partial charge in [-0.2, -0.15) is 0 Å². The minimum Gasteiger partial charge on any atom is -0.353 e. The van der Waals surface area contributed by atoms with E-state index in [9.17, 15) is 0 Å². The number of nitrogens with zero attached hydrogens (tertiary/aromatic N) is 1. The number of nitrogens with one attached hydrogen (secondary N) is 1. The lowest BCUT2D eigenvalue weighted by molar-refractivity contribution is 1.14. The zero-order chi connectivity index (χ0) is 20.9. The fraction of sp³-hybridized carbons (Fsp3) is 0.138. The number of aromatic nitrogens is 1. The molecule has 1 heterocycles. The Morgan fingerprint density at radius 2 is 1.26 bits per heavy atom. The molecule has 5 aromatic rings. The number of fused-ring (bicyclic) bond motifs is 6. The zero-order valence-corrected chi connectivity index (χ0v) is 17.9. The minimum atomic E-state index is 0.987. The van der Waals surface area contributed by atoms with Crippen LogP contribution in [0.4, 0.5) is 5.69 Å². The number of benzene rings is 4. The third-order valence-corrected chi connectivity index (χ3v) is 6.51. The van der Waals surface area contributed by atoms with Crippen molar-refractivity contribution in [2.24, 2.45) is 4.99 Å². The van der Waals surface area contributed by atoms with Gasteiger partial charge in [-0.05, 0) is 59.4 Å². The van der Waals surface area contributed by atoms with Gasteiger partial charge in [-0.1, -0.05) is 68.4 Å². The summed E-state index contributed by atoms with van der Waals surface area (Å²) in [5, 5.41) is 2.56. The summed E-state index contributed by atoms with van der Waals surface area (Å²) >= 11 is 0. The number of hydrogen-bond donors (Lipinski definition) is 1. The van der Waals surface area contributed by atoms with Gasteiger partial charge in [-0.15, -0.1) is 0 Å². The smallest absolute Gasteiger partial charge is 0.0881 e. The Hall–Kier alpha value is -3.65. The average molecular weight is 401 g/mol. The Balaban J connectivity index is 1.66. The molecule has 2 nitrogen and oxygen atoms in total. The summed E-state index contributed by atoms with van der Waals surface area (Å²) in [5.74, 6) is 0. The third-order valence-electron chi connectivity index (χ3n) is 6.51. The molecule has 0 radical (unpaired) electrons. The van der Waals surface area contributed by atoms with Gasteiger partial charge in [0.05, 0.1) is 16.9 Å². The monoisotopic (exact) mass is 400 g/mol. The molecule has 150 valence electrons. The molecule has 1 aliphatic carbocycles. The molecule has 0 fully saturated rings. The predicted molar refractivity (Wildman–Crippen MR) is 132 cm³/mol. The molecule has 1 N–H and O–H groups in total. The van der Waals surface area contributed by atoms with E-state index in [0.717, 1.165) is 29.8 Å². The fourth-order valence-corrected chi connectivity index (χ4v) is 4.83. The lowest BCUT2D eigenvalue weighted by atomic mass is 10.0. The molecule has 2 heteroatoms. The number of aryl methyl sites for hydroxylation is 2. The van der Waals surface area contributed by atoms with E-state index in [-0.39, 0.29) is 0 Å². The number of H-pyrrole nitrogens is 1. The van der Waals surface area contributed by atoms with Gasteiger partial charge in [0.2, 0.25) is 0 Å². The Morgan fingerprint density at radius 3 is 1.90 bits per heavy atom. The lowest BCUT2D eigenvalue weighted by Crippen LogP contribution is -1.97. The van der Waals surface area contributed by atoms with Crippen LogP contribution in [-0.4, -0.2) is 10.7 Å². The molecular weight excluding hydrogens is 376 g/mol. The second-order valence-electron chi connectivity index (χ2n) is 8.30. The van der Waals surface area contributed by atoms with Crippen molar-refractivity contribution in [2.45, 2.75) is 26.7 Å². The van der Waals surface area contributed by atoms with Gasteiger partial charge in [0.25, 0.3) is 0 Å². The highest BCUT2D eigenvalue weighted by molar-refractivity contribution is 6.26. The molecule has 0 amide bonds. The van der Waals surface area contributed by atoms with Crippen molar-refractivity contribution in [1.29, 1.82) is 0 Å². The topological polar surface area (TPSA) is 28.1 Å². The first kappa shape index (κ1) is 18.1. The van der Waals surface area contributed by atoms with Crippen LogP contribution in [0.5, 0.6) is 0 Å². The quantitative estimate of drug-likeness (QED) is 0.317. The molecule has 0 spiro atoms. The summed E-state index contributed by atoms with van der Waals surface area (Å²) in [6.45, 7) is 4.42. The minimum absolute atomic E-state index is 0.987. The Labute approximate surface area is 182 Å². The van der Waals surface area contributed by atoms with Crippen LogP contribution in [0.15, 0.2) is 83.9 Å². The highest BCUT2D eigenvalue weighted by Gasteiger charge is 2.24. The number of aliphatic imine (C=N–C) groups is 1. The van der Waals surface area contributed by atoms with Gasteiger partial charge in [0.1, 0.15) is 0 Å². The summed E-state index contributed by atoms with van der Waals surface area (Å²) in [7, 11) is 0. The maximum atomic E-state index is 5.30. The Bertz CT molecular complexity index is 1450. The molecule has 0 bridgehead atoms. The van der Waals surface area contributed by atoms with Gasteiger partial charge in [-0.25, -0.2) is 4.99 Å². The van der Waals surface area contributed by atoms with Crippen molar-refractivity contribution in [3.8, 4) is 11.1 Å². The molecule has 4 aromatic carbocycles. The highest BCUT2D eigenvalue weighted by atomic mass is 14.8. The van der Waals surface area contributed by atoms with E-state index in [0.29, 0.717) is 0 Å². The maximum Gasteiger partial charge on any atom is 0.0881 e. The summed E-state index contributed by atoms with van der Waals surface area (Å²) in [5.41, 5.74) is 12.0. The van der Waals surface area contributed by atoms with E-state index in [1.807, 2.05) is 0 Å². The van der Waals surface area contributed by atoms with Gasteiger partial charge in [0.15, 0.2) is 0 Å². The van der Waals surface area contributed by atoms with Crippen molar-refractivity contribution < 1.29 is 0 Å². The SMILES string of the molecule is CCc1ccc2[nH]c3c(N=C4c5ccccc5-c5ccccc54)cc(CC)cc3c2c1. The van der Waals surface area contributed by atoms with E-state index in [4.69, 9.17) is 4.99 Å². The van der Waals surface area contributed by atoms with Crippen molar-refractivity contribution in [3.63, 3.8) is 0 Å². The highest BCUT2D eigenvalue weighted by Crippen LogP contribution is 2.40. The van der Waals surface area contributed by atoms with Crippen LogP contribution >= 0.6 is 0 Å². The summed E-state index contributed by atoms with van der Waals surface area (Å²) in [6.07, 6.45) is 2.03. The largest absolute Gasteiger partial charge is 0.353 e. The Morgan fingerprint density at radius 1 is 0.645 bits per heavy atom. The molecule has 0 aliphatic heterocycles. The molecule has 0 unspecified atom stereocenters. The first-order valence-electron chi connectivity index (χ1n) is 11.1. The summed E-state index contributed by atoms with van der Waals surface area (Å²) < 4.78 is 0. The maximum absolute atomic E-state index is 5.30. The van der Waals surface area contributed by atoms with E-state index < -0.39 is 0 Å². The van der Waals surface area contributed by atoms with E-state index in [1.165, 1.54) is 49.7 Å². The number of aromatic amines is 1. The first-order valence-corrected chi connectivity index (χ1v) is 11.1. The number of hydrogen-bond acceptors (Lipinski definition) is 1. The van der Waals surface area contributed by atoms with Crippen molar-refractivity contribution in [2.75, 3.05) is 0 Å². The van der Waals surface area contributed by atoms with E-state index >= 15 is 0 Å². The molecule has 31 heavy (non-hydrogen) atoms. The first-order chi connectivity index (χ1) is 15.3. The van der Waals surface area contributed by atoms with Crippen LogP contribution in [0.25, 0.3) is 32.9 Å². The van der Waals surface area contributed by atoms with Crippen LogP contribution in [0.1, 0.15) is 36.1 Å². The standard InChI is InChI=1S/C29H24N2/c1-3-18-13-14-26-24(15-18)25-16-19(4-2)17-27(29(25)30-26)31-28-22-11-7-5-9-20(22)21-10-6-8-12-23(21)28/h5-17,30H,3-4H2,1-2H3. The lowest BCUT2D eigenvalue weighted by Gasteiger charge is -2.06. The van der Waals surface area contributed by atoms with Crippen molar-refractivity contribution in [1.82, 2.24) is 4.98 Å². The van der Waals surface area contributed by atoms with Crippen LogP contribution in [0.3, 0.4) is 0 Å². The van der Waals surface area contributed by atoms with Crippen LogP contribution in [0, 0.1) is 0 Å². The normalized spacial score (nSPS) is 12.4. The average Bonchev–Trinajstić information content (AvgIpc) is 3.35. The molecule has 1 aromatic heterocycles. The second-order valence-corrected chi connectivity index (χ2v) is 8.30. The van der Waals surface area contributed by atoms with Crippen molar-refractivity contribution >= 4 is 33.2 Å². The van der Waals surface area contributed by atoms with Gasteiger partial charge in [0, 0.05) is 27.4 Å². The third kappa shape index (κ3) is 2.75. The molecule has 0 saturated carbocycles. The zero-order valence-electron chi connectivity index (χ0n) is 17.9. The van der Waals surface area contributed by atoms with Crippen LogP contribution in [0.2, 0.25) is 0 Å². The summed E-state index contributed by atoms with van der Waals surface area (Å²) in [6, 6.07) is 28.5. The van der Waals surface area contributed by atoms with Gasteiger partial charge in [-0.3, -0.25) is 0 Å². The molecule has 6 rings (SSSR count). The molecule has 0 atom stereocenters. The Kier molecular flexibility index (Phi) is 4.07. The van der Waals surface area contributed by atoms with Crippen LogP contribution in [-0.2, 0) is 12.8 Å². The molecule has 0 saturated heterocycles. The fourth-order valence-electron chi connectivity index (χ4n) is 4.83. The predicted octanol–water partition coefficient (Wildman–Crippen LogP) is 7.60.